The second kappa shape index (κ2) is 13.8. The average Bonchev–Trinajstić information content (AvgIpc) is 2.93. The Morgan fingerprint density at radius 2 is 1.85 bits per heavy atom. The number of hydrogen-bond donors (Lipinski definition) is 2. The Kier molecular flexibility index (Phi) is 9.99. The first-order valence-electron chi connectivity index (χ1n) is 13.1. The molecule has 0 saturated heterocycles. The molecule has 0 aliphatic heterocycles. The standard InChI is InChI=1S/C30H34FN3O5/c1-21-5-2-7-23(28(21)29(35)36)20-39-27-9-3-8-26(17-27)38-16-15-34(19-22-6-4-14-32-18-22)30(37)33-25-12-10-24(31)11-13-25/h2,4-7,10-14,18,26-27H,3,8-9,15-17,19-20H2,1H3,(H,33,37)(H,35,36)/t26-,27+/m0/s1. The number of pyridine rings is 1. The van der Waals surface area contributed by atoms with Crippen molar-refractivity contribution in [3.05, 3.63) is 95.1 Å². The van der Waals surface area contributed by atoms with Gasteiger partial charge in [0.05, 0.1) is 31.0 Å². The highest BCUT2D eigenvalue weighted by molar-refractivity contribution is 5.91. The van der Waals surface area contributed by atoms with E-state index in [1.165, 1.54) is 24.3 Å². The number of ether oxygens (including phenoxy) is 2. The second-order valence-electron chi connectivity index (χ2n) is 9.73. The maximum absolute atomic E-state index is 13.3. The molecule has 0 unspecified atom stereocenters. The lowest BCUT2D eigenvalue weighted by Crippen LogP contribution is -2.38. The molecular weight excluding hydrogens is 501 g/mol. The molecule has 1 saturated carbocycles. The van der Waals surface area contributed by atoms with E-state index >= 15 is 0 Å². The number of urea groups is 1. The maximum atomic E-state index is 13.3. The molecule has 9 heteroatoms. The fraction of sp³-hybridized carbons (Fsp3) is 0.367. The molecule has 206 valence electrons. The molecule has 39 heavy (non-hydrogen) atoms. The molecule has 8 nitrogen and oxygen atoms in total. The maximum Gasteiger partial charge on any atom is 0.336 e. The number of carboxylic acids is 1. The minimum Gasteiger partial charge on any atom is -0.478 e. The quantitative estimate of drug-likeness (QED) is 0.322. The van der Waals surface area contributed by atoms with Crippen LogP contribution in [0.2, 0.25) is 0 Å². The van der Waals surface area contributed by atoms with Crippen molar-refractivity contribution < 1.29 is 28.6 Å². The summed E-state index contributed by atoms with van der Waals surface area (Å²) >= 11 is 0. The van der Waals surface area contributed by atoms with Crippen LogP contribution in [0.1, 0.15) is 52.7 Å². The number of aryl methyl sites for hydroxylation is 1. The Morgan fingerprint density at radius 3 is 2.56 bits per heavy atom. The highest BCUT2D eigenvalue weighted by atomic mass is 19.1. The minimum atomic E-state index is -0.948. The van der Waals surface area contributed by atoms with E-state index in [9.17, 15) is 19.1 Å². The molecule has 2 atom stereocenters. The van der Waals surface area contributed by atoms with Crippen LogP contribution < -0.4 is 5.32 Å². The van der Waals surface area contributed by atoms with E-state index in [1.807, 2.05) is 18.2 Å². The summed E-state index contributed by atoms with van der Waals surface area (Å²) < 4.78 is 25.5. The van der Waals surface area contributed by atoms with Gasteiger partial charge in [-0.25, -0.2) is 14.0 Å². The molecule has 1 aliphatic rings. The summed E-state index contributed by atoms with van der Waals surface area (Å²) in [6.45, 7) is 3.08. The van der Waals surface area contributed by atoms with Crippen molar-refractivity contribution in [2.75, 3.05) is 18.5 Å². The number of halogens is 1. The molecule has 1 aliphatic carbocycles. The third kappa shape index (κ3) is 8.33. The van der Waals surface area contributed by atoms with Crippen molar-refractivity contribution in [1.29, 1.82) is 0 Å². The van der Waals surface area contributed by atoms with Crippen molar-refractivity contribution in [2.24, 2.45) is 0 Å². The molecule has 2 aromatic carbocycles. The Morgan fingerprint density at radius 1 is 1.08 bits per heavy atom. The van der Waals surface area contributed by atoms with Gasteiger partial charge in [0.1, 0.15) is 5.82 Å². The van der Waals surface area contributed by atoms with Crippen LogP contribution in [-0.4, -0.2) is 52.4 Å². The number of carbonyl (C=O) groups is 2. The number of aromatic carboxylic acids is 1. The van der Waals surface area contributed by atoms with Crippen molar-refractivity contribution in [2.45, 2.75) is 58.0 Å². The second-order valence-corrected chi connectivity index (χ2v) is 9.73. The number of carbonyl (C=O) groups excluding carboxylic acids is 1. The number of amides is 2. The van der Waals surface area contributed by atoms with Crippen molar-refractivity contribution >= 4 is 17.7 Å². The van der Waals surface area contributed by atoms with Gasteiger partial charge in [0.25, 0.3) is 0 Å². The third-order valence-corrected chi connectivity index (χ3v) is 6.82. The van der Waals surface area contributed by atoms with Crippen LogP contribution >= 0.6 is 0 Å². The summed E-state index contributed by atoms with van der Waals surface area (Å²) in [7, 11) is 0. The Balaban J connectivity index is 1.30. The van der Waals surface area contributed by atoms with Gasteiger partial charge in [-0.1, -0.05) is 24.3 Å². The predicted molar refractivity (Wildman–Crippen MR) is 145 cm³/mol. The lowest BCUT2D eigenvalue weighted by atomic mass is 9.94. The third-order valence-electron chi connectivity index (χ3n) is 6.82. The summed E-state index contributed by atoms with van der Waals surface area (Å²) in [5.74, 6) is -1.32. The summed E-state index contributed by atoms with van der Waals surface area (Å²) in [6, 6.07) is 14.5. The highest BCUT2D eigenvalue weighted by Crippen LogP contribution is 2.25. The molecule has 0 bridgehead atoms. The normalized spacial score (nSPS) is 17.0. The van der Waals surface area contributed by atoms with Crippen LogP contribution in [0.15, 0.2) is 67.0 Å². The number of aromatic nitrogens is 1. The Bertz CT molecular complexity index is 1240. The Labute approximate surface area is 227 Å². The van der Waals surface area contributed by atoms with Gasteiger partial charge in [-0.15, -0.1) is 0 Å². The van der Waals surface area contributed by atoms with Crippen LogP contribution in [0.5, 0.6) is 0 Å². The van der Waals surface area contributed by atoms with E-state index < -0.39 is 5.97 Å². The summed E-state index contributed by atoms with van der Waals surface area (Å²) in [5.41, 5.74) is 3.07. The number of hydrogen-bond acceptors (Lipinski definition) is 5. The lowest BCUT2D eigenvalue weighted by molar-refractivity contribution is -0.0524. The van der Waals surface area contributed by atoms with Gasteiger partial charge in [-0.3, -0.25) is 4.98 Å². The molecule has 2 N–H and O–H groups in total. The van der Waals surface area contributed by atoms with E-state index in [1.54, 1.807) is 36.4 Å². The first-order valence-corrected chi connectivity index (χ1v) is 13.1. The predicted octanol–water partition coefficient (Wildman–Crippen LogP) is 5.81. The molecule has 1 fully saturated rings. The van der Waals surface area contributed by atoms with E-state index in [0.29, 0.717) is 48.5 Å². The van der Waals surface area contributed by atoms with Crippen LogP contribution in [0, 0.1) is 12.7 Å². The zero-order chi connectivity index (χ0) is 27.6. The van der Waals surface area contributed by atoms with Gasteiger partial charge < -0.3 is 24.8 Å². The van der Waals surface area contributed by atoms with Crippen molar-refractivity contribution in [3.8, 4) is 0 Å². The van der Waals surface area contributed by atoms with Gasteiger partial charge in [0, 0.05) is 31.2 Å². The fourth-order valence-electron chi connectivity index (χ4n) is 4.80. The first kappa shape index (κ1) is 28.2. The molecule has 2 amide bonds. The lowest BCUT2D eigenvalue weighted by Gasteiger charge is -2.30. The molecule has 0 radical (unpaired) electrons. The number of nitrogens with one attached hydrogen (secondary N) is 1. The van der Waals surface area contributed by atoms with Gasteiger partial charge >= 0.3 is 12.0 Å². The van der Waals surface area contributed by atoms with Crippen molar-refractivity contribution in [3.63, 3.8) is 0 Å². The zero-order valence-corrected chi connectivity index (χ0v) is 22.0. The van der Waals surface area contributed by atoms with Crippen LogP contribution in [0.25, 0.3) is 0 Å². The molecule has 3 aromatic rings. The Hall–Kier alpha value is -3.82. The fourth-order valence-corrected chi connectivity index (χ4v) is 4.80. The monoisotopic (exact) mass is 535 g/mol. The van der Waals surface area contributed by atoms with E-state index in [-0.39, 0.29) is 30.7 Å². The summed E-state index contributed by atoms with van der Waals surface area (Å²) in [4.78, 5) is 30.5. The van der Waals surface area contributed by atoms with Gasteiger partial charge in [0.15, 0.2) is 0 Å². The topological polar surface area (TPSA) is 101 Å². The van der Waals surface area contributed by atoms with Crippen LogP contribution in [0.3, 0.4) is 0 Å². The summed E-state index contributed by atoms with van der Waals surface area (Å²) in [6.07, 6.45) is 6.79. The van der Waals surface area contributed by atoms with Gasteiger partial charge in [-0.05, 0) is 79.6 Å². The van der Waals surface area contributed by atoms with Crippen molar-refractivity contribution in [1.82, 2.24) is 9.88 Å². The number of rotatable bonds is 11. The molecule has 0 spiro atoms. The number of benzene rings is 2. The van der Waals surface area contributed by atoms with E-state index in [4.69, 9.17) is 9.47 Å². The van der Waals surface area contributed by atoms with Gasteiger partial charge in [-0.2, -0.15) is 0 Å². The largest absolute Gasteiger partial charge is 0.478 e. The smallest absolute Gasteiger partial charge is 0.336 e. The van der Waals surface area contributed by atoms with Crippen LogP contribution in [0.4, 0.5) is 14.9 Å². The number of anilines is 1. The summed E-state index contributed by atoms with van der Waals surface area (Å²) in [5, 5.41) is 12.4. The molecular formula is C30H34FN3O5. The molecule has 1 aromatic heterocycles. The van der Waals surface area contributed by atoms with E-state index in [2.05, 4.69) is 10.3 Å². The van der Waals surface area contributed by atoms with E-state index in [0.717, 1.165) is 24.8 Å². The molecule has 4 rings (SSSR count). The minimum absolute atomic E-state index is 0.0133. The zero-order valence-electron chi connectivity index (χ0n) is 22.0. The average molecular weight is 536 g/mol. The molecule has 1 heterocycles. The SMILES string of the molecule is Cc1cccc(CO[C@@H]2CCC[C@H](OCCN(Cc3cccnc3)C(=O)Nc3ccc(F)cc3)C2)c1C(=O)O. The van der Waals surface area contributed by atoms with Crippen LogP contribution in [-0.2, 0) is 22.6 Å². The highest BCUT2D eigenvalue weighted by Gasteiger charge is 2.25. The number of carboxylic acid groups (broad SMARTS) is 1. The first-order chi connectivity index (χ1) is 18.9. The number of nitrogens with zero attached hydrogens (tertiary/aromatic N) is 2. The van der Waals surface area contributed by atoms with Gasteiger partial charge in [0.2, 0.25) is 0 Å².